The number of alkyl halides is 2. The van der Waals surface area contributed by atoms with Crippen LogP contribution in [-0.4, -0.2) is 25.5 Å². The summed E-state index contributed by atoms with van der Waals surface area (Å²) >= 11 is 2.88. The van der Waals surface area contributed by atoms with E-state index >= 15 is 0 Å². The smallest absolute Gasteiger partial charge is 0.190 e. The van der Waals surface area contributed by atoms with Gasteiger partial charge in [-0.15, -0.1) is 0 Å². The summed E-state index contributed by atoms with van der Waals surface area (Å²) in [7, 11) is -3.38. The molecule has 0 amide bonds. The standard InChI is InChI=1S/C3H6BrFO2S/c4-1-2-8(6,7)3-5/h1-3H2. The number of hydrogen-bond acceptors (Lipinski definition) is 2. The van der Waals surface area contributed by atoms with E-state index in [9.17, 15) is 12.8 Å². The van der Waals surface area contributed by atoms with Crippen molar-refractivity contribution in [3.63, 3.8) is 0 Å². The van der Waals surface area contributed by atoms with E-state index in [0.717, 1.165) is 0 Å². The maximum Gasteiger partial charge on any atom is 0.190 e. The number of rotatable bonds is 3. The highest BCUT2D eigenvalue weighted by atomic mass is 79.9. The molecule has 0 fully saturated rings. The third-order valence-electron chi connectivity index (χ3n) is 0.554. The SMILES string of the molecule is O=S(=O)(CF)CCBr. The summed E-state index contributed by atoms with van der Waals surface area (Å²) in [6.45, 7) is 0. The fourth-order valence-electron chi connectivity index (χ4n) is 0.172. The molecular formula is C3H6BrFO2S. The molecule has 50 valence electrons. The normalized spacial score (nSPS) is 11.8. The lowest BCUT2D eigenvalue weighted by molar-refractivity contribution is 0.536. The Hall–Kier alpha value is 0.360. The van der Waals surface area contributed by atoms with Gasteiger partial charge < -0.3 is 0 Å². The molecule has 8 heavy (non-hydrogen) atoms. The fraction of sp³-hybridized carbons (Fsp3) is 1.00. The van der Waals surface area contributed by atoms with Gasteiger partial charge in [0.05, 0.1) is 5.75 Å². The monoisotopic (exact) mass is 204 g/mol. The Balaban J connectivity index is 3.76. The van der Waals surface area contributed by atoms with Gasteiger partial charge in [0.2, 0.25) is 0 Å². The molecule has 0 spiro atoms. The van der Waals surface area contributed by atoms with Crippen LogP contribution in [0.15, 0.2) is 0 Å². The Morgan fingerprint density at radius 3 is 2.12 bits per heavy atom. The number of halogens is 2. The molecule has 0 saturated carbocycles. The first-order valence-corrected chi connectivity index (χ1v) is 4.89. The summed E-state index contributed by atoms with van der Waals surface area (Å²) in [4.78, 5) is 0. The maximum atomic E-state index is 11.3. The molecule has 0 aliphatic carbocycles. The van der Waals surface area contributed by atoms with E-state index in [-0.39, 0.29) is 5.75 Å². The highest BCUT2D eigenvalue weighted by Gasteiger charge is 2.06. The minimum Gasteiger partial charge on any atom is -0.234 e. The minimum absolute atomic E-state index is 0.122. The predicted octanol–water partition coefficient (Wildman–Crippen LogP) is 0.723. The summed E-state index contributed by atoms with van der Waals surface area (Å²) in [5, 5.41) is 0.305. The summed E-state index contributed by atoms with van der Waals surface area (Å²) in [5.74, 6) is -0.122. The van der Waals surface area contributed by atoms with Gasteiger partial charge in [0, 0.05) is 5.33 Å². The second-order valence-corrected chi connectivity index (χ2v) is 4.15. The van der Waals surface area contributed by atoms with Crippen molar-refractivity contribution in [1.82, 2.24) is 0 Å². The largest absolute Gasteiger partial charge is 0.234 e. The second kappa shape index (κ2) is 3.40. The Labute approximate surface area is 56.1 Å². The molecule has 2 nitrogen and oxygen atoms in total. The third-order valence-corrected chi connectivity index (χ3v) is 2.63. The fourth-order valence-corrected chi connectivity index (χ4v) is 2.00. The zero-order valence-electron chi connectivity index (χ0n) is 4.10. The summed E-state index contributed by atoms with van der Waals surface area (Å²) in [5.41, 5.74) is 0. The molecule has 0 aliphatic heterocycles. The summed E-state index contributed by atoms with van der Waals surface area (Å²) < 4.78 is 31.7. The Bertz CT molecular complexity index is 141. The lowest BCUT2D eigenvalue weighted by Crippen LogP contribution is -2.07. The first kappa shape index (κ1) is 8.36. The van der Waals surface area contributed by atoms with Crippen LogP contribution in [0.5, 0.6) is 0 Å². The molecule has 0 bridgehead atoms. The van der Waals surface area contributed by atoms with Gasteiger partial charge in [0.25, 0.3) is 0 Å². The molecule has 0 atom stereocenters. The van der Waals surface area contributed by atoms with Crippen molar-refractivity contribution in [2.75, 3.05) is 17.1 Å². The van der Waals surface area contributed by atoms with E-state index in [1.807, 2.05) is 0 Å². The van der Waals surface area contributed by atoms with E-state index in [2.05, 4.69) is 15.9 Å². The van der Waals surface area contributed by atoms with Crippen molar-refractivity contribution < 1.29 is 12.8 Å². The molecule has 0 aliphatic rings. The van der Waals surface area contributed by atoms with Gasteiger partial charge in [-0.25, -0.2) is 12.8 Å². The Morgan fingerprint density at radius 2 is 2.00 bits per heavy atom. The third kappa shape index (κ3) is 3.37. The van der Waals surface area contributed by atoms with E-state index in [0.29, 0.717) is 5.33 Å². The average Bonchev–Trinajstić information content (AvgIpc) is 1.67. The number of sulfone groups is 1. The molecule has 0 unspecified atom stereocenters. The molecule has 0 aromatic rings. The van der Waals surface area contributed by atoms with Gasteiger partial charge in [0.15, 0.2) is 15.8 Å². The van der Waals surface area contributed by atoms with Crippen molar-refractivity contribution in [3.8, 4) is 0 Å². The van der Waals surface area contributed by atoms with Gasteiger partial charge in [-0.05, 0) is 0 Å². The topological polar surface area (TPSA) is 34.1 Å². The lowest BCUT2D eigenvalue weighted by atomic mass is 11.0. The quantitative estimate of drug-likeness (QED) is 0.636. The van der Waals surface area contributed by atoms with Gasteiger partial charge in [-0.1, -0.05) is 15.9 Å². The van der Waals surface area contributed by atoms with Crippen molar-refractivity contribution in [1.29, 1.82) is 0 Å². The zero-order valence-corrected chi connectivity index (χ0v) is 6.50. The lowest BCUT2D eigenvalue weighted by Gasteiger charge is -1.90. The van der Waals surface area contributed by atoms with E-state index in [1.165, 1.54) is 0 Å². The van der Waals surface area contributed by atoms with Crippen molar-refractivity contribution in [2.24, 2.45) is 0 Å². The summed E-state index contributed by atoms with van der Waals surface area (Å²) in [6.07, 6.45) is 0. The molecule has 0 rings (SSSR count). The zero-order chi connectivity index (χ0) is 6.62. The van der Waals surface area contributed by atoms with Crippen LogP contribution in [0.25, 0.3) is 0 Å². The van der Waals surface area contributed by atoms with Crippen molar-refractivity contribution in [2.45, 2.75) is 0 Å². The summed E-state index contributed by atoms with van der Waals surface area (Å²) in [6, 6.07) is -1.25. The van der Waals surface area contributed by atoms with Gasteiger partial charge in [-0.3, -0.25) is 0 Å². The molecule has 0 aromatic carbocycles. The van der Waals surface area contributed by atoms with E-state index in [1.54, 1.807) is 0 Å². The first-order chi connectivity index (χ1) is 3.62. The second-order valence-electron chi connectivity index (χ2n) is 1.25. The number of hydrogen-bond donors (Lipinski definition) is 0. The minimum atomic E-state index is -3.38. The van der Waals surface area contributed by atoms with Gasteiger partial charge in [0.1, 0.15) is 0 Å². The molecule has 0 radical (unpaired) electrons. The maximum absolute atomic E-state index is 11.3. The highest BCUT2D eigenvalue weighted by molar-refractivity contribution is 9.09. The van der Waals surface area contributed by atoms with Crippen LogP contribution in [-0.2, 0) is 9.84 Å². The van der Waals surface area contributed by atoms with Crippen LogP contribution in [0.1, 0.15) is 0 Å². The average molecular weight is 205 g/mol. The molecule has 5 heteroatoms. The van der Waals surface area contributed by atoms with Crippen LogP contribution in [0.2, 0.25) is 0 Å². The van der Waals surface area contributed by atoms with Gasteiger partial charge in [-0.2, -0.15) is 0 Å². The predicted molar refractivity (Wildman–Crippen MR) is 33.6 cm³/mol. The van der Waals surface area contributed by atoms with Crippen molar-refractivity contribution >= 4 is 25.8 Å². The Kier molecular flexibility index (Phi) is 3.55. The first-order valence-electron chi connectivity index (χ1n) is 1.95. The van der Waals surface area contributed by atoms with Crippen LogP contribution >= 0.6 is 15.9 Å². The highest BCUT2D eigenvalue weighted by Crippen LogP contribution is 1.92. The van der Waals surface area contributed by atoms with E-state index < -0.39 is 15.8 Å². The van der Waals surface area contributed by atoms with Crippen LogP contribution in [0, 0.1) is 0 Å². The molecular weight excluding hydrogens is 199 g/mol. The van der Waals surface area contributed by atoms with Gasteiger partial charge >= 0.3 is 0 Å². The molecule has 0 heterocycles. The van der Waals surface area contributed by atoms with Crippen LogP contribution < -0.4 is 0 Å². The van der Waals surface area contributed by atoms with E-state index in [4.69, 9.17) is 0 Å². The van der Waals surface area contributed by atoms with Crippen LogP contribution in [0.4, 0.5) is 4.39 Å². The van der Waals surface area contributed by atoms with Crippen molar-refractivity contribution in [3.05, 3.63) is 0 Å². The molecule has 0 saturated heterocycles. The Morgan fingerprint density at radius 1 is 1.50 bits per heavy atom. The molecule has 0 N–H and O–H groups in total. The molecule has 0 aromatic heterocycles. The van der Waals surface area contributed by atoms with Crippen LogP contribution in [0.3, 0.4) is 0 Å².